The number of fused-ring (bicyclic) bond motifs is 1. The van der Waals surface area contributed by atoms with Gasteiger partial charge in [-0.15, -0.1) is 0 Å². The van der Waals surface area contributed by atoms with E-state index in [1.54, 1.807) is 17.2 Å². The van der Waals surface area contributed by atoms with Crippen LogP contribution in [0, 0.1) is 5.82 Å². The summed E-state index contributed by atoms with van der Waals surface area (Å²) in [6.45, 7) is 0.636. The zero-order valence-corrected chi connectivity index (χ0v) is 12.1. The van der Waals surface area contributed by atoms with E-state index in [2.05, 4.69) is 10.3 Å². The molecule has 1 aliphatic carbocycles. The van der Waals surface area contributed by atoms with Crippen molar-refractivity contribution in [1.82, 2.24) is 10.3 Å². The van der Waals surface area contributed by atoms with E-state index in [1.807, 2.05) is 18.2 Å². The van der Waals surface area contributed by atoms with Gasteiger partial charge >= 0.3 is 6.03 Å². The summed E-state index contributed by atoms with van der Waals surface area (Å²) in [6.07, 6.45) is 4.21. The monoisotopic (exact) mass is 297 g/mol. The minimum atomic E-state index is -0.413. The molecule has 2 amide bonds. The highest BCUT2D eigenvalue weighted by molar-refractivity contribution is 5.94. The number of rotatable bonds is 2. The Balaban J connectivity index is 1.56. The van der Waals surface area contributed by atoms with Gasteiger partial charge in [-0.1, -0.05) is 12.1 Å². The van der Waals surface area contributed by atoms with Crippen molar-refractivity contribution in [3.05, 3.63) is 59.7 Å². The molecule has 2 heterocycles. The Morgan fingerprint density at radius 2 is 2.14 bits per heavy atom. The maximum Gasteiger partial charge on any atom is 0.322 e. The first-order valence-electron chi connectivity index (χ1n) is 7.48. The predicted molar refractivity (Wildman–Crippen MR) is 81.1 cm³/mol. The van der Waals surface area contributed by atoms with E-state index in [0.717, 1.165) is 36.2 Å². The van der Waals surface area contributed by atoms with Crippen molar-refractivity contribution in [2.45, 2.75) is 24.8 Å². The number of hydrogen-bond acceptors (Lipinski definition) is 2. The standard InChI is InChI=1S/C17H16FN3O/c18-13-4-1-3-12(11-13)17(7-8-17)20-16(22)21-10-6-14-15(21)5-2-9-19-14/h1-5,9,11H,6-8,10H2,(H,20,22). The fourth-order valence-electron chi connectivity index (χ4n) is 3.09. The zero-order chi connectivity index (χ0) is 15.2. The van der Waals surface area contributed by atoms with Crippen LogP contribution >= 0.6 is 0 Å². The van der Waals surface area contributed by atoms with Crippen LogP contribution in [0.5, 0.6) is 0 Å². The van der Waals surface area contributed by atoms with Gasteiger partial charge in [0.05, 0.1) is 16.9 Å². The molecule has 1 aromatic heterocycles. The molecule has 0 bridgehead atoms. The normalized spacial score (nSPS) is 18.0. The van der Waals surface area contributed by atoms with Crippen LogP contribution in [0.25, 0.3) is 0 Å². The number of benzene rings is 1. The second kappa shape index (κ2) is 4.80. The molecule has 22 heavy (non-hydrogen) atoms. The summed E-state index contributed by atoms with van der Waals surface area (Å²) in [5, 5.41) is 3.09. The average molecular weight is 297 g/mol. The highest BCUT2D eigenvalue weighted by Gasteiger charge is 2.47. The van der Waals surface area contributed by atoms with Crippen molar-refractivity contribution in [1.29, 1.82) is 0 Å². The van der Waals surface area contributed by atoms with Crippen LogP contribution in [0.4, 0.5) is 14.9 Å². The lowest BCUT2D eigenvalue weighted by molar-refractivity contribution is 0.242. The average Bonchev–Trinajstić information content (AvgIpc) is 3.17. The molecule has 2 aromatic rings. The minimum absolute atomic E-state index is 0.131. The summed E-state index contributed by atoms with van der Waals surface area (Å²) in [7, 11) is 0. The van der Waals surface area contributed by atoms with Crippen molar-refractivity contribution >= 4 is 11.7 Å². The fourth-order valence-corrected chi connectivity index (χ4v) is 3.09. The lowest BCUT2D eigenvalue weighted by Gasteiger charge is -2.23. The highest BCUT2D eigenvalue weighted by Crippen LogP contribution is 2.46. The van der Waals surface area contributed by atoms with Gasteiger partial charge in [-0.3, -0.25) is 9.88 Å². The molecule has 4 rings (SSSR count). The minimum Gasteiger partial charge on any atom is -0.328 e. The first-order chi connectivity index (χ1) is 10.7. The molecule has 0 unspecified atom stereocenters. The molecule has 1 N–H and O–H groups in total. The van der Waals surface area contributed by atoms with Crippen molar-refractivity contribution in [3.63, 3.8) is 0 Å². The molecule has 0 spiro atoms. The number of carbonyl (C=O) groups excluding carboxylic acids is 1. The number of nitrogens with zero attached hydrogens (tertiary/aromatic N) is 2. The van der Waals surface area contributed by atoms with Crippen LogP contribution in [0.15, 0.2) is 42.6 Å². The van der Waals surface area contributed by atoms with Gasteiger partial charge in [0.25, 0.3) is 0 Å². The Morgan fingerprint density at radius 1 is 1.27 bits per heavy atom. The number of pyridine rings is 1. The van der Waals surface area contributed by atoms with Crippen molar-refractivity contribution in [2.75, 3.05) is 11.4 Å². The lowest BCUT2D eigenvalue weighted by atomic mass is 10.1. The van der Waals surface area contributed by atoms with E-state index in [9.17, 15) is 9.18 Å². The maximum absolute atomic E-state index is 13.4. The third-order valence-electron chi connectivity index (χ3n) is 4.45. The highest BCUT2D eigenvalue weighted by atomic mass is 19.1. The predicted octanol–water partition coefficient (Wildman–Crippen LogP) is 2.98. The van der Waals surface area contributed by atoms with E-state index in [1.165, 1.54) is 12.1 Å². The third kappa shape index (κ3) is 2.13. The molecule has 112 valence electrons. The van der Waals surface area contributed by atoms with Crippen LogP contribution in [-0.2, 0) is 12.0 Å². The Labute approximate surface area is 128 Å². The molecule has 4 nitrogen and oxygen atoms in total. The summed E-state index contributed by atoms with van der Waals surface area (Å²) in [5.74, 6) is -0.270. The maximum atomic E-state index is 13.4. The van der Waals surface area contributed by atoms with Crippen LogP contribution in [0.1, 0.15) is 24.1 Å². The second-order valence-electron chi connectivity index (χ2n) is 5.89. The number of carbonyl (C=O) groups is 1. The smallest absolute Gasteiger partial charge is 0.322 e. The van der Waals surface area contributed by atoms with E-state index in [-0.39, 0.29) is 11.8 Å². The first kappa shape index (κ1) is 13.2. The van der Waals surface area contributed by atoms with E-state index in [4.69, 9.17) is 0 Å². The zero-order valence-electron chi connectivity index (χ0n) is 12.1. The van der Waals surface area contributed by atoms with E-state index >= 15 is 0 Å². The Kier molecular flexibility index (Phi) is 2.89. The van der Waals surface area contributed by atoms with Crippen LogP contribution in [0.2, 0.25) is 0 Å². The number of amides is 2. The fraction of sp³-hybridized carbons (Fsp3) is 0.294. The lowest BCUT2D eigenvalue weighted by Crippen LogP contribution is -2.44. The SMILES string of the molecule is O=C(NC1(c2cccc(F)c2)CC1)N1CCc2ncccc21. The van der Waals surface area contributed by atoms with E-state index in [0.29, 0.717) is 6.54 Å². The molecule has 2 aliphatic rings. The van der Waals surface area contributed by atoms with Gasteiger partial charge in [0.2, 0.25) is 0 Å². The van der Waals surface area contributed by atoms with Gasteiger partial charge in [0.15, 0.2) is 0 Å². The Hall–Kier alpha value is -2.43. The Bertz CT molecular complexity index is 742. The number of nitrogens with one attached hydrogen (secondary N) is 1. The molecule has 0 atom stereocenters. The molecule has 1 aliphatic heterocycles. The van der Waals surface area contributed by atoms with Gasteiger partial charge in [-0.05, 0) is 42.7 Å². The number of anilines is 1. The van der Waals surface area contributed by atoms with Gasteiger partial charge in [0.1, 0.15) is 5.82 Å². The molecule has 0 radical (unpaired) electrons. The number of halogens is 1. The van der Waals surface area contributed by atoms with Crippen LogP contribution in [0.3, 0.4) is 0 Å². The molecular formula is C17H16FN3O. The summed E-state index contributed by atoms with van der Waals surface area (Å²) < 4.78 is 13.4. The Morgan fingerprint density at radius 3 is 2.91 bits per heavy atom. The van der Waals surface area contributed by atoms with Gasteiger partial charge in [-0.2, -0.15) is 0 Å². The van der Waals surface area contributed by atoms with Crippen LogP contribution in [-0.4, -0.2) is 17.6 Å². The topological polar surface area (TPSA) is 45.2 Å². The molecule has 1 saturated carbocycles. The molecular weight excluding hydrogens is 281 g/mol. The number of urea groups is 1. The second-order valence-corrected chi connectivity index (χ2v) is 5.89. The summed E-state index contributed by atoms with van der Waals surface area (Å²) in [6, 6.07) is 10.1. The van der Waals surface area contributed by atoms with Gasteiger partial charge in [-0.25, -0.2) is 9.18 Å². The van der Waals surface area contributed by atoms with Gasteiger partial charge < -0.3 is 5.32 Å². The van der Waals surface area contributed by atoms with E-state index < -0.39 is 5.54 Å². The van der Waals surface area contributed by atoms with Crippen molar-refractivity contribution < 1.29 is 9.18 Å². The van der Waals surface area contributed by atoms with Crippen LogP contribution < -0.4 is 10.2 Å². The summed E-state index contributed by atoms with van der Waals surface area (Å²) in [4.78, 5) is 18.6. The van der Waals surface area contributed by atoms with Crippen molar-refractivity contribution in [3.8, 4) is 0 Å². The third-order valence-corrected chi connectivity index (χ3v) is 4.45. The summed E-state index contributed by atoms with van der Waals surface area (Å²) >= 11 is 0. The quantitative estimate of drug-likeness (QED) is 0.926. The van der Waals surface area contributed by atoms with Gasteiger partial charge in [0, 0.05) is 19.2 Å². The molecule has 0 saturated heterocycles. The first-order valence-corrected chi connectivity index (χ1v) is 7.48. The molecule has 1 fully saturated rings. The largest absolute Gasteiger partial charge is 0.328 e. The molecule has 5 heteroatoms. The summed E-state index contributed by atoms with van der Waals surface area (Å²) in [5.41, 5.74) is 2.25. The number of hydrogen-bond donors (Lipinski definition) is 1. The number of aromatic nitrogens is 1. The molecule has 1 aromatic carbocycles. The van der Waals surface area contributed by atoms with Crippen molar-refractivity contribution in [2.24, 2.45) is 0 Å².